The van der Waals surface area contributed by atoms with Crippen LogP contribution in [-0.2, 0) is 20.9 Å². The number of aromatic nitrogens is 1. The van der Waals surface area contributed by atoms with Gasteiger partial charge in [-0.25, -0.2) is 9.37 Å². The minimum Gasteiger partial charge on any atom is -0.456 e. The number of thiazole rings is 1. The number of halogens is 1. The average Bonchev–Trinajstić information content (AvgIpc) is 3.09. The lowest BCUT2D eigenvalue weighted by atomic mass is 10.3. The Kier molecular flexibility index (Phi) is 7.00. The lowest BCUT2D eigenvalue weighted by Gasteiger charge is -2.15. The van der Waals surface area contributed by atoms with Gasteiger partial charge in [0, 0.05) is 17.7 Å². The number of esters is 1. The lowest BCUT2D eigenvalue weighted by Crippen LogP contribution is -2.30. The molecular formula is C20H19FN2O3S2. The number of nitrogens with zero attached hydrogens (tertiary/aromatic N) is 2. The Morgan fingerprint density at radius 3 is 2.68 bits per heavy atom. The maximum Gasteiger partial charge on any atom is 0.307 e. The number of hydrogen-bond acceptors (Lipinski definition) is 6. The van der Waals surface area contributed by atoms with Crippen molar-refractivity contribution in [1.29, 1.82) is 0 Å². The van der Waals surface area contributed by atoms with E-state index in [9.17, 15) is 14.0 Å². The summed E-state index contributed by atoms with van der Waals surface area (Å²) in [5.74, 6) is -0.507. The molecule has 0 spiro atoms. The lowest BCUT2D eigenvalue weighted by molar-refractivity contribution is -0.151. The van der Waals surface area contributed by atoms with Crippen molar-refractivity contribution >= 4 is 45.2 Å². The van der Waals surface area contributed by atoms with Gasteiger partial charge in [-0.1, -0.05) is 12.1 Å². The molecule has 2 aromatic carbocycles. The van der Waals surface area contributed by atoms with Gasteiger partial charge in [0.2, 0.25) is 0 Å². The third-order valence-electron chi connectivity index (χ3n) is 3.88. The fourth-order valence-corrected chi connectivity index (χ4v) is 4.24. The van der Waals surface area contributed by atoms with Crippen LogP contribution in [0.2, 0.25) is 0 Å². The SMILES string of the molecule is CN(Cc1nc2ccccc2s1)C(=O)COC(=O)CCSc1ccc(F)cc1. The van der Waals surface area contributed by atoms with Crippen LogP contribution in [0.4, 0.5) is 4.39 Å². The van der Waals surface area contributed by atoms with Gasteiger partial charge in [0.1, 0.15) is 10.8 Å². The van der Waals surface area contributed by atoms with E-state index in [0.29, 0.717) is 12.3 Å². The number of amides is 1. The quantitative estimate of drug-likeness (QED) is 0.407. The summed E-state index contributed by atoms with van der Waals surface area (Å²) >= 11 is 2.97. The molecule has 0 atom stereocenters. The molecule has 1 aromatic heterocycles. The van der Waals surface area contributed by atoms with Crippen molar-refractivity contribution in [3.05, 3.63) is 59.4 Å². The number of carbonyl (C=O) groups is 2. The van der Waals surface area contributed by atoms with Crippen LogP contribution in [0.25, 0.3) is 10.2 Å². The monoisotopic (exact) mass is 418 g/mol. The van der Waals surface area contributed by atoms with Crippen molar-refractivity contribution in [2.75, 3.05) is 19.4 Å². The molecule has 0 unspecified atom stereocenters. The molecule has 8 heteroatoms. The summed E-state index contributed by atoms with van der Waals surface area (Å²) in [5, 5.41) is 0.832. The molecule has 1 heterocycles. The predicted octanol–water partition coefficient (Wildman–Crippen LogP) is 4.12. The van der Waals surface area contributed by atoms with E-state index in [1.807, 2.05) is 24.3 Å². The first kappa shape index (κ1) is 20.3. The number of carbonyl (C=O) groups excluding carboxylic acids is 2. The van der Waals surface area contributed by atoms with Gasteiger partial charge in [0.25, 0.3) is 5.91 Å². The molecule has 0 aliphatic rings. The van der Waals surface area contributed by atoms with Gasteiger partial charge >= 0.3 is 5.97 Å². The zero-order valence-electron chi connectivity index (χ0n) is 15.3. The summed E-state index contributed by atoms with van der Waals surface area (Å²) in [7, 11) is 1.66. The minimum absolute atomic E-state index is 0.177. The summed E-state index contributed by atoms with van der Waals surface area (Å²) < 4.78 is 19.0. The molecule has 0 fully saturated rings. The summed E-state index contributed by atoms with van der Waals surface area (Å²) in [6.45, 7) is 0.0809. The zero-order valence-corrected chi connectivity index (χ0v) is 16.9. The minimum atomic E-state index is -0.434. The zero-order chi connectivity index (χ0) is 19.9. The van der Waals surface area contributed by atoms with E-state index < -0.39 is 5.97 Å². The van der Waals surface area contributed by atoms with Gasteiger partial charge in [-0.05, 0) is 36.4 Å². The number of benzene rings is 2. The molecule has 1 amide bonds. The molecule has 0 aliphatic carbocycles. The van der Waals surface area contributed by atoms with Crippen LogP contribution < -0.4 is 0 Å². The summed E-state index contributed by atoms with van der Waals surface area (Å²) in [4.78, 5) is 30.9. The number of ether oxygens (including phenoxy) is 1. The Labute approximate surface area is 170 Å². The number of likely N-dealkylation sites (N-methyl/N-ethyl adjacent to an activating group) is 1. The van der Waals surface area contributed by atoms with Crippen molar-refractivity contribution in [1.82, 2.24) is 9.88 Å². The first-order chi connectivity index (χ1) is 13.5. The van der Waals surface area contributed by atoms with Crippen LogP contribution >= 0.6 is 23.1 Å². The largest absolute Gasteiger partial charge is 0.456 e. The number of para-hydroxylation sites is 1. The molecule has 0 saturated heterocycles. The van der Waals surface area contributed by atoms with Gasteiger partial charge < -0.3 is 9.64 Å². The molecule has 0 radical (unpaired) electrons. The first-order valence-electron chi connectivity index (χ1n) is 8.63. The molecule has 3 rings (SSSR count). The third-order valence-corrected chi connectivity index (χ3v) is 5.92. The van der Waals surface area contributed by atoms with Crippen molar-refractivity contribution in [2.45, 2.75) is 17.9 Å². The second kappa shape index (κ2) is 9.66. The molecule has 146 valence electrons. The van der Waals surface area contributed by atoms with E-state index in [1.54, 1.807) is 19.2 Å². The predicted molar refractivity (Wildman–Crippen MR) is 109 cm³/mol. The number of rotatable bonds is 8. The number of hydrogen-bond donors (Lipinski definition) is 0. The summed E-state index contributed by atoms with van der Waals surface area (Å²) in [5.41, 5.74) is 0.911. The van der Waals surface area contributed by atoms with Crippen molar-refractivity contribution < 1.29 is 18.7 Å². The van der Waals surface area contributed by atoms with Crippen LogP contribution in [0.1, 0.15) is 11.4 Å². The maximum absolute atomic E-state index is 12.8. The average molecular weight is 419 g/mol. The Morgan fingerprint density at radius 2 is 1.93 bits per heavy atom. The van der Waals surface area contributed by atoms with Gasteiger partial charge in [0.05, 0.1) is 23.2 Å². The highest BCUT2D eigenvalue weighted by Crippen LogP contribution is 2.22. The Morgan fingerprint density at radius 1 is 1.18 bits per heavy atom. The third kappa shape index (κ3) is 5.77. The smallest absolute Gasteiger partial charge is 0.307 e. The van der Waals surface area contributed by atoms with Crippen LogP contribution in [0.5, 0.6) is 0 Å². The van der Waals surface area contributed by atoms with Crippen LogP contribution in [-0.4, -0.2) is 41.2 Å². The molecule has 0 bridgehead atoms. The first-order valence-corrected chi connectivity index (χ1v) is 10.4. The highest BCUT2D eigenvalue weighted by atomic mass is 32.2. The van der Waals surface area contributed by atoms with Crippen molar-refractivity contribution in [3.63, 3.8) is 0 Å². The van der Waals surface area contributed by atoms with Gasteiger partial charge in [-0.15, -0.1) is 23.1 Å². The standard InChI is InChI=1S/C20H19FN2O3S2/c1-23(12-18-22-16-4-2-3-5-17(16)28-18)19(24)13-26-20(25)10-11-27-15-8-6-14(21)7-9-15/h2-9H,10-13H2,1H3. The number of thioether (sulfide) groups is 1. The van der Waals surface area contributed by atoms with Crippen LogP contribution in [0.3, 0.4) is 0 Å². The van der Waals surface area contributed by atoms with Crippen LogP contribution in [0.15, 0.2) is 53.4 Å². The van der Waals surface area contributed by atoms with E-state index in [-0.39, 0.29) is 24.8 Å². The van der Waals surface area contributed by atoms with Crippen molar-refractivity contribution in [3.8, 4) is 0 Å². The van der Waals surface area contributed by atoms with Gasteiger partial charge in [-0.2, -0.15) is 0 Å². The van der Waals surface area contributed by atoms with Gasteiger partial charge in [-0.3, -0.25) is 9.59 Å². The van der Waals surface area contributed by atoms with Crippen molar-refractivity contribution in [2.24, 2.45) is 0 Å². The van der Waals surface area contributed by atoms with E-state index in [4.69, 9.17) is 4.74 Å². The fourth-order valence-electron chi connectivity index (χ4n) is 2.39. The highest BCUT2D eigenvalue weighted by Gasteiger charge is 2.14. The Hall–Kier alpha value is -2.45. The molecule has 0 aliphatic heterocycles. The van der Waals surface area contributed by atoms with E-state index >= 15 is 0 Å². The summed E-state index contributed by atoms with van der Waals surface area (Å²) in [6.07, 6.45) is 0.177. The molecule has 5 nitrogen and oxygen atoms in total. The highest BCUT2D eigenvalue weighted by molar-refractivity contribution is 7.99. The maximum atomic E-state index is 12.8. The normalized spacial score (nSPS) is 10.8. The number of fused-ring (bicyclic) bond motifs is 1. The van der Waals surface area contributed by atoms with E-state index in [1.165, 1.54) is 40.1 Å². The topological polar surface area (TPSA) is 59.5 Å². The Balaban J connectivity index is 1.38. The second-order valence-corrected chi connectivity index (χ2v) is 8.32. The van der Waals surface area contributed by atoms with Crippen LogP contribution in [0, 0.1) is 5.82 Å². The molecule has 28 heavy (non-hydrogen) atoms. The Bertz CT molecular complexity index is 926. The molecule has 0 N–H and O–H groups in total. The van der Waals surface area contributed by atoms with E-state index in [0.717, 1.165) is 20.1 Å². The summed E-state index contributed by atoms with van der Waals surface area (Å²) in [6, 6.07) is 13.9. The van der Waals surface area contributed by atoms with E-state index in [2.05, 4.69) is 4.98 Å². The molecule has 3 aromatic rings. The fraction of sp³-hybridized carbons (Fsp3) is 0.250. The molecule has 0 saturated carbocycles. The molecular weight excluding hydrogens is 399 g/mol. The van der Waals surface area contributed by atoms with Gasteiger partial charge in [0.15, 0.2) is 6.61 Å². The second-order valence-electron chi connectivity index (χ2n) is 6.04.